The monoisotopic (exact) mass is 328 g/mol. The third kappa shape index (κ3) is 5.04. The van der Waals surface area contributed by atoms with Gasteiger partial charge in [-0.25, -0.2) is 9.97 Å². The number of hydrogen-bond acceptors (Lipinski definition) is 5. The van der Waals surface area contributed by atoms with Crippen molar-refractivity contribution in [2.45, 2.75) is 32.9 Å². The van der Waals surface area contributed by atoms with Gasteiger partial charge in [-0.2, -0.15) is 13.2 Å². The van der Waals surface area contributed by atoms with Gasteiger partial charge in [-0.05, 0) is 19.9 Å². The van der Waals surface area contributed by atoms with Gasteiger partial charge in [-0.1, -0.05) is 5.16 Å². The zero-order chi connectivity index (χ0) is 17.0. The van der Waals surface area contributed by atoms with Crippen LogP contribution in [0.5, 0.6) is 0 Å². The van der Waals surface area contributed by atoms with Crippen LogP contribution in [-0.4, -0.2) is 27.6 Å². The third-order valence-corrected chi connectivity index (χ3v) is 2.87. The maximum Gasteiger partial charge on any atom is 0.433 e. The van der Waals surface area contributed by atoms with Crippen LogP contribution in [0, 0.1) is 13.8 Å². The summed E-state index contributed by atoms with van der Waals surface area (Å²) in [6, 6.07) is 2.52. The predicted molar refractivity (Wildman–Crippen MR) is 73.4 cm³/mol. The van der Waals surface area contributed by atoms with E-state index in [2.05, 4.69) is 20.4 Å². The van der Waals surface area contributed by atoms with E-state index in [4.69, 9.17) is 4.52 Å². The standard InChI is InChI=1S/C14H15F3N4O2/c1-8-6-11(14(15,16)17)20-12(19-8)3-4-18-13(22)7-10-5-9(2)21-23-10/h5-6H,3-4,7H2,1-2H3,(H,18,22). The summed E-state index contributed by atoms with van der Waals surface area (Å²) in [5, 5.41) is 6.24. The van der Waals surface area contributed by atoms with Crippen molar-refractivity contribution >= 4 is 5.91 Å². The molecular formula is C14H15F3N4O2. The third-order valence-electron chi connectivity index (χ3n) is 2.87. The van der Waals surface area contributed by atoms with E-state index in [1.165, 1.54) is 6.92 Å². The number of nitrogens with one attached hydrogen (secondary N) is 1. The Morgan fingerprint density at radius 2 is 1.96 bits per heavy atom. The highest BCUT2D eigenvalue weighted by atomic mass is 19.4. The second kappa shape index (κ2) is 6.76. The maximum absolute atomic E-state index is 12.7. The first-order valence-corrected chi connectivity index (χ1v) is 6.84. The molecule has 0 fully saturated rings. The van der Waals surface area contributed by atoms with Gasteiger partial charge < -0.3 is 9.84 Å². The van der Waals surface area contributed by atoms with Crippen molar-refractivity contribution in [3.8, 4) is 0 Å². The fourth-order valence-corrected chi connectivity index (χ4v) is 1.92. The minimum atomic E-state index is -4.52. The minimum Gasteiger partial charge on any atom is -0.361 e. The summed E-state index contributed by atoms with van der Waals surface area (Å²) in [5.74, 6) is 0.143. The Balaban J connectivity index is 1.88. The van der Waals surface area contributed by atoms with Crippen LogP contribution in [0.15, 0.2) is 16.7 Å². The van der Waals surface area contributed by atoms with Crippen molar-refractivity contribution in [3.63, 3.8) is 0 Å². The highest BCUT2D eigenvalue weighted by Crippen LogP contribution is 2.27. The van der Waals surface area contributed by atoms with E-state index in [9.17, 15) is 18.0 Å². The first-order chi connectivity index (χ1) is 10.7. The minimum absolute atomic E-state index is 0.0172. The highest BCUT2D eigenvalue weighted by molar-refractivity contribution is 5.77. The summed E-state index contributed by atoms with van der Waals surface area (Å²) in [6.07, 6.45) is -4.40. The Bertz CT molecular complexity index is 698. The second-order valence-corrected chi connectivity index (χ2v) is 5.02. The van der Waals surface area contributed by atoms with Crippen LogP contribution in [0.3, 0.4) is 0 Å². The summed E-state index contributed by atoms with van der Waals surface area (Å²) in [5.41, 5.74) is -0.0881. The first-order valence-electron chi connectivity index (χ1n) is 6.84. The van der Waals surface area contributed by atoms with Crippen LogP contribution < -0.4 is 5.32 Å². The molecule has 1 amide bonds. The molecule has 2 heterocycles. The molecule has 0 aliphatic rings. The molecule has 0 atom stereocenters. The molecule has 124 valence electrons. The van der Waals surface area contributed by atoms with Crippen LogP contribution in [0.4, 0.5) is 13.2 Å². The number of amides is 1. The molecule has 0 aliphatic heterocycles. The van der Waals surface area contributed by atoms with Gasteiger partial charge in [0.2, 0.25) is 5.91 Å². The molecule has 1 N–H and O–H groups in total. The second-order valence-electron chi connectivity index (χ2n) is 5.02. The van der Waals surface area contributed by atoms with Crippen LogP contribution in [0.25, 0.3) is 0 Å². The molecule has 6 nitrogen and oxygen atoms in total. The van der Waals surface area contributed by atoms with Gasteiger partial charge in [-0.3, -0.25) is 4.79 Å². The zero-order valence-corrected chi connectivity index (χ0v) is 12.6. The van der Waals surface area contributed by atoms with E-state index in [1.54, 1.807) is 13.0 Å². The molecule has 0 bridgehead atoms. The van der Waals surface area contributed by atoms with Crippen LogP contribution >= 0.6 is 0 Å². The lowest BCUT2D eigenvalue weighted by Crippen LogP contribution is -2.27. The van der Waals surface area contributed by atoms with Gasteiger partial charge in [0.05, 0.1) is 12.1 Å². The number of aryl methyl sites for hydroxylation is 2. The molecule has 2 aromatic heterocycles. The lowest BCUT2D eigenvalue weighted by Gasteiger charge is -2.09. The Kier molecular flexibility index (Phi) is 4.97. The van der Waals surface area contributed by atoms with Crippen molar-refractivity contribution in [2.24, 2.45) is 0 Å². The van der Waals surface area contributed by atoms with Crippen LogP contribution in [0.2, 0.25) is 0 Å². The summed E-state index contributed by atoms with van der Waals surface area (Å²) >= 11 is 0. The fourth-order valence-electron chi connectivity index (χ4n) is 1.92. The number of rotatable bonds is 5. The van der Waals surface area contributed by atoms with Crippen molar-refractivity contribution in [2.75, 3.05) is 6.54 Å². The Morgan fingerprint density at radius 1 is 1.22 bits per heavy atom. The molecule has 0 radical (unpaired) electrons. The zero-order valence-electron chi connectivity index (χ0n) is 12.6. The lowest BCUT2D eigenvalue weighted by atomic mass is 10.2. The maximum atomic E-state index is 12.7. The molecule has 2 aromatic rings. The molecule has 0 unspecified atom stereocenters. The van der Waals surface area contributed by atoms with Gasteiger partial charge in [0, 0.05) is 24.7 Å². The fraction of sp³-hybridized carbons (Fsp3) is 0.429. The number of carbonyl (C=O) groups excluding carboxylic acids is 1. The smallest absolute Gasteiger partial charge is 0.361 e. The Hall–Kier alpha value is -2.45. The number of hydrogen-bond donors (Lipinski definition) is 1. The van der Waals surface area contributed by atoms with Gasteiger partial charge in [0.15, 0.2) is 0 Å². The van der Waals surface area contributed by atoms with E-state index in [1.807, 2.05) is 0 Å². The van der Waals surface area contributed by atoms with E-state index in [0.717, 1.165) is 6.07 Å². The molecular weight excluding hydrogens is 313 g/mol. The summed E-state index contributed by atoms with van der Waals surface area (Å²) < 4.78 is 42.9. The van der Waals surface area contributed by atoms with Gasteiger partial charge in [-0.15, -0.1) is 0 Å². The van der Waals surface area contributed by atoms with E-state index < -0.39 is 11.9 Å². The van der Waals surface area contributed by atoms with Gasteiger partial charge in [0.25, 0.3) is 0 Å². The average molecular weight is 328 g/mol. The molecule has 0 saturated heterocycles. The molecule has 0 spiro atoms. The van der Waals surface area contributed by atoms with Crippen LogP contribution in [-0.2, 0) is 23.8 Å². The molecule has 0 aliphatic carbocycles. The SMILES string of the molecule is Cc1cc(CC(=O)NCCc2nc(C)cc(C(F)(F)F)n2)on1. The summed E-state index contributed by atoms with van der Waals surface area (Å²) in [4.78, 5) is 19.1. The van der Waals surface area contributed by atoms with Crippen molar-refractivity contribution in [3.05, 3.63) is 40.8 Å². The summed E-state index contributed by atoms with van der Waals surface area (Å²) in [7, 11) is 0. The largest absolute Gasteiger partial charge is 0.433 e. The molecule has 0 saturated carbocycles. The Morgan fingerprint density at radius 3 is 2.57 bits per heavy atom. The van der Waals surface area contributed by atoms with E-state index >= 15 is 0 Å². The number of alkyl halides is 3. The van der Waals surface area contributed by atoms with Crippen molar-refractivity contribution < 1.29 is 22.5 Å². The van der Waals surface area contributed by atoms with Gasteiger partial charge >= 0.3 is 6.18 Å². The molecule has 2 rings (SSSR count). The quantitative estimate of drug-likeness (QED) is 0.908. The predicted octanol–water partition coefficient (Wildman–Crippen LogP) is 2.00. The number of halogens is 3. The topological polar surface area (TPSA) is 80.9 Å². The molecule has 0 aromatic carbocycles. The average Bonchev–Trinajstić information content (AvgIpc) is 2.82. The van der Waals surface area contributed by atoms with Gasteiger partial charge in [0.1, 0.15) is 17.3 Å². The lowest BCUT2D eigenvalue weighted by molar-refractivity contribution is -0.141. The first kappa shape index (κ1) is 16.9. The number of aromatic nitrogens is 3. The molecule has 23 heavy (non-hydrogen) atoms. The van der Waals surface area contributed by atoms with Crippen molar-refractivity contribution in [1.82, 2.24) is 20.4 Å². The molecule has 9 heteroatoms. The number of nitrogens with zero attached hydrogens (tertiary/aromatic N) is 3. The van der Waals surface area contributed by atoms with E-state index in [0.29, 0.717) is 11.5 Å². The highest BCUT2D eigenvalue weighted by Gasteiger charge is 2.33. The Labute approximate surface area is 130 Å². The van der Waals surface area contributed by atoms with E-state index in [-0.39, 0.29) is 36.8 Å². The van der Waals surface area contributed by atoms with Crippen molar-refractivity contribution in [1.29, 1.82) is 0 Å². The summed E-state index contributed by atoms with van der Waals surface area (Å²) in [6.45, 7) is 3.33. The normalized spacial score (nSPS) is 11.5. The number of carbonyl (C=O) groups is 1. The van der Waals surface area contributed by atoms with Crippen LogP contribution in [0.1, 0.15) is 28.7 Å².